The van der Waals surface area contributed by atoms with Crippen LogP contribution in [0, 0.1) is 11.8 Å². The van der Waals surface area contributed by atoms with Crippen LogP contribution < -0.4 is 5.26 Å². The Bertz CT molecular complexity index is 649. The second-order valence-electron chi connectivity index (χ2n) is 5.81. The summed E-state index contributed by atoms with van der Waals surface area (Å²) >= 11 is -0.826. The molecule has 1 saturated carbocycles. The zero-order valence-corrected chi connectivity index (χ0v) is 15.5. The van der Waals surface area contributed by atoms with Crippen molar-refractivity contribution < 1.29 is 64.2 Å². The number of ether oxygens (including phenoxy) is 2. The predicted molar refractivity (Wildman–Crippen MR) is 78.6 cm³/mol. The number of hydrogen-bond acceptors (Lipinski definition) is 10. The van der Waals surface area contributed by atoms with E-state index in [-0.39, 0.29) is 12.5 Å². The molecule has 0 heterocycles. The van der Waals surface area contributed by atoms with E-state index in [0.29, 0.717) is 25.7 Å². The van der Waals surface area contributed by atoms with Gasteiger partial charge in [-0.1, -0.05) is 0 Å². The molecule has 0 spiro atoms. The Kier molecular flexibility index (Phi) is 8.89. The summed E-state index contributed by atoms with van der Waals surface area (Å²) < 4.78 is 93.5. The lowest BCUT2D eigenvalue weighted by Crippen LogP contribution is -2.39. The summed E-state index contributed by atoms with van der Waals surface area (Å²) in [6.07, 6.45) is 1.24. The van der Waals surface area contributed by atoms with E-state index in [0.717, 1.165) is 0 Å². The van der Waals surface area contributed by atoms with E-state index in [2.05, 4.69) is 18.8 Å². The Balaban J connectivity index is 2.36. The van der Waals surface area contributed by atoms with Gasteiger partial charge in [0.1, 0.15) is 12.0 Å². The van der Waals surface area contributed by atoms with Crippen molar-refractivity contribution in [3.63, 3.8) is 0 Å². The molecule has 164 valence electrons. The summed E-state index contributed by atoms with van der Waals surface area (Å²) in [5.74, 6) is -5.09. The van der Waals surface area contributed by atoms with Crippen LogP contribution in [-0.2, 0) is 38.6 Å². The Hall–Kier alpha value is -1.20. The average Bonchev–Trinajstić information content (AvgIpc) is 2.62. The second kappa shape index (κ2) is 10.0. The number of hydrogen-bond donors (Lipinski definition) is 1. The SMILES string of the molecule is O=C(OCC1CCC(COC(=O)C(F)(F)S(=O)(=O)O)CC1)C(F)(F)SOO[O-]. The molecule has 0 aromatic heterocycles. The number of alkyl halides is 4. The molecule has 0 unspecified atom stereocenters. The predicted octanol–water partition coefficient (Wildman–Crippen LogP) is 0.824. The van der Waals surface area contributed by atoms with E-state index in [1.165, 1.54) is 0 Å². The van der Waals surface area contributed by atoms with Gasteiger partial charge in [-0.2, -0.15) is 30.3 Å². The molecule has 0 saturated heterocycles. The maximum Gasteiger partial charge on any atom is 0.465 e. The van der Waals surface area contributed by atoms with Gasteiger partial charge in [0.15, 0.2) is 0 Å². The van der Waals surface area contributed by atoms with Crippen LogP contribution in [0.25, 0.3) is 0 Å². The van der Waals surface area contributed by atoms with Gasteiger partial charge < -0.3 is 14.7 Å². The molecule has 0 bridgehead atoms. The van der Waals surface area contributed by atoms with Gasteiger partial charge >= 0.3 is 32.6 Å². The number of halogens is 4. The Morgan fingerprint density at radius 2 is 1.43 bits per heavy atom. The molecule has 28 heavy (non-hydrogen) atoms. The summed E-state index contributed by atoms with van der Waals surface area (Å²) in [5, 5.41) is 2.96. The fourth-order valence-corrected chi connectivity index (χ4v) is 2.83. The van der Waals surface area contributed by atoms with Crippen LogP contribution in [0.3, 0.4) is 0 Å². The third-order valence-corrected chi connectivity index (χ3v) is 5.15. The molecular formula is C12H15F4O10S2-. The van der Waals surface area contributed by atoms with Gasteiger partial charge in [-0.15, -0.1) is 0 Å². The maximum absolute atomic E-state index is 13.2. The quantitative estimate of drug-likeness (QED) is 0.124. The van der Waals surface area contributed by atoms with Crippen molar-refractivity contribution in [3.05, 3.63) is 0 Å². The first-order valence-corrected chi connectivity index (χ1v) is 9.71. The van der Waals surface area contributed by atoms with Crippen LogP contribution >= 0.6 is 12.0 Å². The number of rotatable bonds is 10. The molecular weight excluding hydrogens is 444 g/mol. The monoisotopic (exact) mass is 459 g/mol. The summed E-state index contributed by atoms with van der Waals surface area (Å²) in [5.41, 5.74) is 0. The Labute approximate surface area is 160 Å². The summed E-state index contributed by atoms with van der Waals surface area (Å²) in [6, 6.07) is 0. The van der Waals surface area contributed by atoms with Crippen molar-refractivity contribution in [2.75, 3.05) is 13.2 Å². The third kappa shape index (κ3) is 7.00. The lowest BCUT2D eigenvalue weighted by Gasteiger charge is -2.28. The van der Waals surface area contributed by atoms with Crippen LogP contribution in [-0.4, -0.2) is 48.6 Å². The van der Waals surface area contributed by atoms with Gasteiger partial charge in [0.2, 0.25) is 0 Å². The fraction of sp³-hybridized carbons (Fsp3) is 0.833. The van der Waals surface area contributed by atoms with Crippen molar-refractivity contribution in [2.24, 2.45) is 11.8 Å². The van der Waals surface area contributed by atoms with E-state index in [9.17, 15) is 40.8 Å². The molecule has 1 rings (SSSR count). The average molecular weight is 459 g/mol. The minimum atomic E-state index is -5.95. The maximum atomic E-state index is 13.2. The highest BCUT2D eigenvalue weighted by Gasteiger charge is 2.54. The molecule has 1 aliphatic carbocycles. The smallest absolute Gasteiger partial charge is 0.465 e. The molecule has 1 fully saturated rings. The largest absolute Gasteiger partial charge is 0.691 e. The molecule has 0 aromatic rings. The van der Waals surface area contributed by atoms with Crippen LogP contribution in [0.4, 0.5) is 17.6 Å². The number of carbonyl (C=O) groups excluding carboxylic acids is 2. The Morgan fingerprint density at radius 3 is 1.82 bits per heavy atom. The van der Waals surface area contributed by atoms with Gasteiger partial charge in [0, 0.05) is 0 Å². The van der Waals surface area contributed by atoms with E-state index < -0.39 is 57.1 Å². The lowest BCUT2D eigenvalue weighted by atomic mass is 9.83. The first-order valence-electron chi connectivity index (χ1n) is 7.52. The Morgan fingerprint density at radius 1 is 1.00 bits per heavy atom. The van der Waals surface area contributed by atoms with E-state index in [4.69, 9.17) is 4.55 Å². The summed E-state index contributed by atoms with van der Waals surface area (Å²) in [7, 11) is -5.95. The van der Waals surface area contributed by atoms with Crippen molar-refractivity contribution in [1.29, 1.82) is 0 Å². The van der Waals surface area contributed by atoms with Crippen molar-refractivity contribution in [1.82, 2.24) is 0 Å². The zero-order chi connectivity index (χ0) is 21.6. The van der Waals surface area contributed by atoms with Crippen LogP contribution in [0.1, 0.15) is 25.7 Å². The van der Waals surface area contributed by atoms with E-state index in [1.54, 1.807) is 0 Å². The normalized spacial score (nSPS) is 21.2. The highest BCUT2D eigenvalue weighted by atomic mass is 32.2. The number of carbonyl (C=O) groups is 2. The molecule has 10 nitrogen and oxygen atoms in total. The number of esters is 2. The molecule has 0 aromatic carbocycles. The van der Waals surface area contributed by atoms with E-state index in [1.807, 2.05) is 0 Å². The van der Waals surface area contributed by atoms with Crippen molar-refractivity contribution >= 4 is 34.1 Å². The minimum absolute atomic E-state index is 0.297. The summed E-state index contributed by atoms with van der Waals surface area (Å²) in [6.45, 7) is -0.905. The lowest BCUT2D eigenvalue weighted by molar-refractivity contribution is -0.777. The topological polar surface area (TPSA) is 148 Å². The van der Waals surface area contributed by atoms with Crippen molar-refractivity contribution in [2.45, 2.75) is 36.2 Å². The third-order valence-electron chi connectivity index (χ3n) is 3.83. The molecule has 0 amide bonds. The molecule has 0 atom stereocenters. The fourth-order valence-electron chi connectivity index (χ4n) is 2.32. The van der Waals surface area contributed by atoms with Gasteiger partial charge in [0.25, 0.3) is 0 Å². The molecule has 1 aliphatic rings. The molecule has 0 radical (unpaired) electrons. The highest BCUT2D eigenvalue weighted by Crippen LogP contribution is 2.33. The molecule has 0 aliphatic heterocycles. The second-order valence-corrected chi connectivity index (χ2v) is 8.09. The first-order chi connectivity index (χ1) is 12.8. The van der Waals surface area contributed by atoms with E-state index >= 15 is 0 Å². The van der Waals surface area contributed by atoms with Gasteiger partial charge in [-0.3, -0.25) is 9.59 Å². The first kappa shape index (κ1) is 24.8. The highest BCUT2D eigenvalue weighted by molar-refractivity contribution is 7.96. The van der Waals surface area contributed by atoms with Gasteiger partial charge in [0.05, 0.1) is 13.2 Å². The van der Waals surface area contributed by atoms with Crippen LogP contribution in [0.15, 0.2) is 0 Å². The zero-order valence-electron chi connectivity index (χ0n) is 13.8. The minimum Gasteiger partial charge on any atom is -0.691 e. The standard InChI is InChI=1S/C12H16F4O10S2/c13-11(14,27-26-25-19)9(17)23-5-7-1-3-8(4-2-7)6-24-10(18)12(15,16)28(20,21)22/h7-8,19H,1-6H2,(H,20,21,22)/p-1. The van der Waals surface area contributed by atoms with Gasteiger partial charge in [-0.25, -0.2) is 9.59 Å². The molecule has 16 heteroatoms. The van der Waals surface area contributed by atoms with Crippen LogP contribution in [0.5, 0.6) is 0 Å². The van der Waals surface area contributed by atoms with Crippen LogP contribution in [0.2, 0.25) is 0 Å². The van der Waals surface area contributed by atoms with Gasteiger partial charge in [-0.05, 0) is 37.5 Å². The summed E-state index contributed by atoms with van der Waals surface area (Å²) in [4.78, 5) is 22.3. The van der Waals surface area contributed by atoms with Crippen molar-refractivity contribution in [3.8, 4) is 0 Å². The molecule has 1 N–H and O–H groups in total.